The van der Waals surface area contributed by atoms with Gasteiger partial charge in [0.05, 0.1) is 5.75 Å². The summed E-state index contributed by atoms with van der Waals surface area (Å²) in [6.45, 7) is 9.08. The van der Waals surface area contributed by atoms with Crippen molar-refractivity contribution < 1.29 is 8.42 Å². The average molecular weight is 235 g/mol. The predicted octanol–water partition coefficient (Wildman–Crippen LogP) is 1.84. The van der Waals surface area contributed by atoms with Crippen molar-refractivity contribution in [1.29, 1.82) is 0 Å². The van der Waals surface area contributed by atoms with E-state index in [-0.39, 0.29) is 5.75 Å². The first kappa shape index (κ1) is 14.9. The van der Waals surface area contributed by atoms with Crippen molar-refractivity contribution in [3.05, 3.63) is 0 Å². The van der Waals surface area contributed by atoms with Gasteiger partial charge in [0.25, 0.3) is 0 Å². The van der Waals surface area contributed by atoms with Crippen LogP contribution in [0.3, 0.4) is 0 Å². The van der Waals surface area contributed by atoms with E-state index in [0.29, 0.717) is 17.7 Å². The Morgan fingerprint density at radius 3 is 2.27 bits per heavy atom. The number of hydrogen-bond donors (Lipinski definition) is 1. The fraction of sp³-hybridized carbons (Fsp3) is 1.00. The molecular weight excluding hydrogens is 210 g/mol. The molecule has 0 saturated heterocycles. The lowest BCUT2D eigenvalue weighted by Gasteiger charge is -2.20. The van der Waals surface area contributed by atoms with Crippen molar-refractivity contribution in [3.8, 4) is 0 Å². The van der Waals surface area contributed by atoms with Gasteiger partial charge in [-0.3, -0.25) is 0 Å². The quantitative estimate of drug-likeness (QED) is 0.698. The lowest BCUT2D eigenvalue weighted by atomic mass is 10.0. The van der Waals surface area contributed by atoms with Crippen LogP contribution in [0, 0.1) is 5.92 Å². The molecule has 0 aromatic heterocycles. The second-order valence-corrected chi connectivity index (χ2v) is 6.72. The van der Waals surface area contributed by atoms with E-state index in [4.69, 9.17) is 0 Å². The molecule has 15 heavy (non-hydrogen) atoms. The van der Waals surface area contributed by atoms with Gasteiger partial charge in [-0.25, -0.2) is 8.42 Å². The molecule has 0 amide bonds. The number of rotatable bonds is 8. The highest BCUT2D eigenvalue weighted by atomic mass is 32.2. The lowest BCUT2D eigenvalue weighted by molar-refractivity contribution is 0.391. The van der Waals surface area contributed by atoms with Crippen LogP contribution in [0.1, 0.15) is 40.5 Å². The van der Waals surface area contributed by atoms with Gasteiger partial charge in [0.1, 0.15) is 9.84 Å². The molecule has 0 fully saturated rings. The zero-order chi connectivity index (χ0) is 11.9. The van der Waals surface area contributed by atoms with E-state index in [9.17, 15) is 8.42 Å². The van der Waals surface area contributed by atoms with Gasteiger partial charge in [0, 0.05) is 11.8 Å². The number of sulfone groups is 1. The molecule has 2 unspecified atom stereocenters. The molecule has 2 atom stereocenters. The van der Waals surface area contributed by atoms with Gasteiger partial charge in [0.2, 0.25) is 0 Å². The summed E-state index contributed by atoms with van der Waals surface area (Å²) >= 11 is 0. The summed E-state index contributed by atoms with van der Waals surface area (Å²) < 4.78 is 22.6. The third kappa shape index (κ3) is 6.90. The van der Waals surface area contributed by atoms with Crippen molar-refractivity contribution in [3.63, 3.8) is 0 Å². The molecule has 92 valence electrons. The van der Waals surface area contributed by atoms with Crippen molar-refractivity contribution in [2.24, 2.45) is 5.92 Å². The molecule has 0 aromatic carbocycles. The van der Waals surface area contributed by atoms with E-state index < -0.39 is 9.84 Å². The fourth-order valence-electron chi connectivity index (χ4n) is 1.33. The van der Waals surface area contributed by atoms with Crippen LogP contribution in [0.25, 0.3) is 0 Å². The van der Waals surface area contributed by atoms with Crippen LogP contribution in [-0.2, 0) is 9.84 Å². The van der Waals surface area contributed by atoms with E-state index in [1.54, 1.807) is 6.92 Å². The first-order chi connectivity index (χ1) is 6.93. The van der Waals surface area contributed by atoms with Gasteiger partial charge in [-0.05, 0) is 32.2 Å². The first-order valence-corrected chi connectivity index (χ1v) is 7.68. The van der Waals surface area contributed by atoms with Crippen molar-refractivity contribution in [1.82, 2.24) is 5.32 Å². The smallest absolute Gasteiger partial charge is 0.150 e. The monoisotopic (exact) mass is 235 g/mol. The van der Waals surface area contributed by atoms with Gasteiger partial charge < -0.3 is 5.32 Å². The number of nitrogens with one attached hydrogen (secondary N) is 1. The largest absolute Gasteiger partial charge is 0.314 e. The Labute approximate surface area is 94.6 Å². The molecule has 4 heteroatoms. The van der Waals surface area contributed by atoms with E-state index in [1.165, 1.54) is 0 Å². The second kappa shape index (κ2) is 7.23. The van der Waals surface area contributed by atoms with E-state index in [2.05, 4.69) is 26.1 Å². The van der Waals surface area contributed by atoms with E-state index in [0.717, 1.165) is 19.4 Å². The highest BCUT2D eigenvalue weighted by Gasteiger charge is 2.15. The summed E-state index contributed by atoms with van der Waals surface area (Å²) in [5.74, 6) is 0.997. The van der Waals surface area contributed by atoms with Crippen LogP contribution in [0.15, 0.2) is 0 Å². The van der Waals surface area contributed by atoms with Crippen molar-refractivity contribution >= 4 is 9.84 Å². The Balaban J connectivity index is 3.87. The molecule has 0 bridgehead atoms. The maximum atomic E-state index is 11.3. The molecule has 0 aliphatic heterocycles. The minimum absolute atomic E-state index is 0.260. The second-order valence-electron chi connectivity index (χ2n) is 4.25. The van der Waals surface area contributed by atoms with Gasteiger partial charge in [-0.2, -0.15) is 0 Å². The summed E-state index contributed by atoms with van der Waals surface area (Å²) in [4.78, 5) is 0. The molecule has 3 nitrogen and oxygen atoms in total. The Hall–Kier alpha value is -0.0900. The summed E-state index contributed by atoms with van der Waals surface area (Å²) in [5.41, 5.74) is 0. The lowest BCUT2D eigenvalue weighted by Crippen LogP contribution is -2.33. The molecule has 0 aliphatic carbocycles. The van der Waals surface area contributed by atoms with Gasteiger partial charge in [0.15, 0.2) is 0 Å². The standard InChI is InChI=1S/C11H25NO2S/c1-5-8-12-11(4)10(3)7-9-15(13,14)6-2/h10-12H,5-9H2,1-4H3. The summed E-state index contributed by atoms with van der Waals surface area (Å²) in [6, 6.07) is 0.400. The molecule has 0 aliphatic rings. The molecule has 0 saturated carbocycles. The Kier molecular flexibility index (Phi) is 7.18. The molecular formula is C11H25NO2S. The van der Waals surface area contributed by atoms with Gasteiger partial charge in [-0.1, -0.05) is 20.8 Å². The van der Waals surface area contributed by atoms with Crippen LogP contribution in [0.4, 0.5) is 0 Å². The van der Waals surface area contributed by atoms with Crippen LogP contribution in [-0.4, -0.2) is 32.5 Å². The summed E-state index contributed by atoms with van der Waals surface area (Å²) in [7, 11) is -2.80. The average Bonchev–Trinajstić information content (AvgIpc) is 2.22. The van der Waals surface area contributed by atoms with Crippen molar-refractivity contribution in [2.45, 2.75) is 46.6 Å². The Morgan fingerprint density at radius 1 is 1.20 bits per heavy atom. The molecule has 0 rings (SSSR count). The normalized spacial score (nSPS) is 16.3. The van der Waals surface area contributed by atoms with Gasteiger partial charge in [-0.15, -0.1) is 0 Å². The summed E-state index contributed by atoms with van der Waals surface area (Å²) in [5, 5.41) is 3.39. The predicted molar refractivity (Wildman–Crippen MR) is 65.9 cm³/mol. The fourth-order valence-corrected chi connectivity index (χ4v) is 2.35. The third-order valence-electron chi connectivity index (χ3n) is 2.89. The first-order valence-electron chi connectivity index (χ1n) is 5.86. The van der Waals surface area contributed by atoms with Gasteiger partial charge >= 0.3 is 0 Å². The van der Waals surface area contributed by atoms with Crippen molar-refractivity contribution in [2.75, 3.05) is 18.1 Å². The topological polar surface area (TPSA) is 46.2 Å². The van der Waals surface area contributed by atoms with Crippen LogP contribution >= 0.6 is 0 Å². The molecule has 0 heterocycles. The zero-order valence-electron chi connectivity index (χ0n) is 10.4. The minimum Gasteiger partial charge on any atom is -0.314 e. The van der Waals surface area contributed by atoms with Crippen LogP contribution < -0.4 is 5.32 Å². The Bertz CT molecular complexity index is 249. The molecule has 0 radical (unpaired) electrons. The zero-order valence-corrected chi connectivity index (χ0v) is 11.2. The highest BCUT2D eigenvalue weighted by Crippen LogP contribution is 2.10. The van der Waals surface area contributed by atoms with E-state index in [1.807, 2.05) is 0 Å². The molecule has 0 spiro atoms. The highest BCUT2D eigenvalue weighted by molar-refractivity contribution is 7.91. The van der Waals surface area contributed by atoms with Crippen LogP contribution in [0.2, 0.25) is 0 Å². The van der Waals surface area contributed by atoms with E-state index >= 15 is 0 Å². The SMILES string of the molecule is CCCNC(C)C(C)CCS(=O)(=O)CC. The maximum absolute atomic E-state index is 11.3. The molecule has 0 aromatic rings. The number of hydrogen-bond acceptors (Lipinski definition) is 3. The third-order valence-corrected chi connectivity index (χ3v) is 4.63. The Morgan fingerprint density at radius 2 is 1.80 bits per heavy atom. The molecule has 1 N–H and O–H groups in total. The van der Waals surface area contributed by atoms with Crippen LogP contribution in [0.5, 0.6) is 0 Å². The summed E-state index contributed by atoms with van der Waals surface area (Å²) in [6.07, 6.45) is 1.87. The maximum Gasteiger partial charge on any atom is 0.150 e. The minimum atomic E-state index is -2.80.